The quantitative estimate of drug-likeness (QED) is 0.828. The molecule has 0 aromatic heterocycles. The summed E-state index contributed by atoms with van der Waals surface area (Å²) in [4.78, 5) is 13.4. The molecule has 2 N–H and O–H groups in total. The van der Waals surface area contributed by atoms with Crippen molar-refractivity contribution in [3.8, 4) is 0 Å². The van der Waals surface area contributed by atoms with Gasteiger partial charge in [0.1, 0.15) is 0 Å². The Balaban J connectivity index is 2.12. The molecule has 0 aliphatic carbocycles. The summed E-state index contributed by atoms with van der Waals surface area (Å²) in [6.45, 7) is 0.752. The number of aliphatic hydroxyl groups excluding tert-OH is 2. The molecular formula is C12H14ClNO3. The first-order chi connectivity index (χ1) is 8.09. The molecule has 0 spiro atoms. The maximum atomic E-state index is 11.9. The van der Waals surface area contributed by atoms with E-state index in [0.717, 1.165) is 0 Å². The number of hydrogen-bond acceptors (Lipinski definition) is 3. The van der Waals surface area contributed by atoms with Gasteiger partial charge in [-0.15, -0.1) is 0 Å². The largest absolute Gasteiger partial charge is 0.391 e. The van der Waals surface area contributed by atoms with Crippen molar-refractivity contribution in [3.63, 3.8) is 0 Å². The van der Waals surface area contributed by atoms with Crippen molar-refractivity contribution < 1.29 is 15.0 Å². The number of hydrogen-bond donors (Lipinski definition) is 2. The number of aliphatic hydroxyl groups is 2. The van der Waals surface area contributed by atoms with Gasteiger partial charge in [0.15, 0.2) is 6.10 Å². The summed E-state index contributed by atoms with van der Waals surface area (Å²) < 4.78 is 0. The number of β-amino-alcohol motifs (C(OH)–C–C–N with tert-alkyl or cyclic N) is 1. The Morgan fingerprint density at radius 1 is 1.47 bits per heavy atom. The van der Waals surface area contributed by atoms with E-state index < -0.39 is 18.1 Å². The third-order valence-electron chi connectivity index (χ3n) is 2.91. The molecule has 92 valence electrons. The number of likely N-dealkylation sites (tertiary alicyclic amines) is 1. The zero-order valence-electron chi connectivity index (χ0n) is 9.21. The van der Waals surface area contributed by atoms with Crippen molar-refractivity contribution >= 4 is 17.5 Å². The highest BCUT2D eigenvalue weighted by molar-refractivity contribution is 6.31. The summed E-state index contributed by atoms with van der Waals surface area (Å²) in [6, 6.07) is 6.71. The first kappa shape index (κ1) is 12.4. The van der Waals surface area contributed by atoms with Gasteiger partial charge in [-0.1, -0.05) is 29.8 Å². The first-order valence-corrected chi connectivity index (χ1v) is 5.86. The number of benzene rings is 1. The fraction of sp³-hybridized carbons (Fsp3) is 0.417. The summed E-state index contributed by atoms with van der Waals surface area (Å²) in [5.41, 5.74) is 0.403. The number of carbonyl (C=O) groups is 1. The minimum absolute atomic E-state index is 0.278. The van der Waals surface area contributed by atoms with Crippen molar-refractivity contribution in [2.45, 2.75) is 18.6 Å². The van der Waals surface area contributed by atoms with Gasteiger partial charge in [0.2, 0.25) is 0 Å². The lowest BCUT2D eigenvalue weighted by molar-refractivity contribution is -0.139. The summed E-state index contributed by atoms with van der Waals surface area (Å²) in [5.74, 6) is -0.408. The summed E-state index contributed by atoms with van der Waals surface area (Å²) in [7, 11) is 0. The highest BCUT2D eigenvalue weighted by atomic mass is 35.5. The van der Waals surface area contributed by atoms with Crippen LogP contribution in [0.25, 0.3) is 0 Å². The van der Waals surface area contributed by atoms with Crippen LogP contribution in [0.5, 0.6) is 0 Å². The van der Waals surface area contributed by atoms with Crippen LogP contribution in [-0.4, -0.2) is 40.2 Å². The van der Waals surface area contributed by atoms with Crippen molar-refractivity contribution in [2.24, 2.45) is 0 Å². The maximum absolute atomic E-state index is 11.9. The van der Waals surface area contributed by atoms with Crippen LogP contribution in [0.15, 0.2) is 24.3 Å². The molecule has 17 heavy (non-hydrogen) atoms. The lowest BCUT2D eigenvalue weighted by Gasteiger charge is -2.20. The lowest BCUT2D eigenvalue weighted by Crippen LogP contribution is -2.34. The number of carbonyl (C=O) groups excluding carboxylic acids is 1. The fourth-order valence-corrected chi connectivity index (χ4v) is 2.18. The zero-order chi connectivity index (χ0) is 12.4. The van der Waals surface area contributed by atoms with Crippen LogP contribution in [0.2, 0.25) is 5.02 Å². The van der Waals surface area contributed by atoms with Crippen LogP contribution < -0.4 is 0 Å². The maximum Gasteiger partial charge on any atom is 0.256 e. The van der Waals surface area contributed by atoms with E-state index in [1.807, 2.05) is 0 Å². The van der Waals surface area contributed by atoms with E-state index in [-0.39, 0.29) is 6.54 Å². The normalized spacial score (nSPS) is 21.6. The van der Waals surface area contributed by atoms with Gasteiger partial charge in [0, 0.05) is 23.7 Å². The molecule has 1 aliphatic heterocycles. The third kappa shape index (κ3) is 2.60. The molecule has 1 aromatic rings. The number of halogens is 1. The average Bonchev–Trinajstić information content (AvgIpc) is 2.75. The second-order valence-electron chi connectivity index (χ2n) is 4.15. The molecule has 1 amide bonds. The topological polar surface area (TPSA) is 60.8 Å². The van der Waals surface area contributed by atoms with Crippen LogP contribution in [0.4, 0.5) is 0 Å². The monoisotopic (exact) mass is 255 g/mol. The SMILES string of the molecule is O=C([C@H](O)c1ccccc1Cl)N1CC[C@@H](O)C1. The number of amides is 1. The van der Waals surface area contributed by atoms with E-state index in [0.29, 0.717) is 23.6 Å². The zero-order valence-corrected chi connectivity index (χ0v) is 9.97. The lowest BCUT2D eigenvalue weighted by atomic mass is 10.1. The number of nitrogens with zero attached hydrogens (tertiary/aromatic N) is 1. The smallest absolute Gasteiger partial charge is 0.256 e. The highest BCUT2D eigenvalue weighted by Crippen LogP contribution is 2.25. The Morgan fingerprint density at radius 2 is 2.18 bits per heavy atom. The molecule has 0 unspecified atom stereocenters. The van der Waals surface area contributed by atoms with E-state index in [1.54, 1.807) is 24.3 Å². The summed E-state index contributed by atoms with van der Waals surface area (Å²) in [5, 5.41) is 19.7. The molecule has 0 saturated carbocycles. The molecule has 2 atom stereocenters. The Labute approximate surface area is 104 Å². The van der Waals surface area contributed by atoms with E-state index in [2.05, 4.69) is 0 Å². The predicted molar refractivity (Wildman–Crippen MR) is 63.6 cm³/mol. The Bertz CT molecular complexity index is 424. The molecule has 4 nitrogen and oxygen atoms in total. The number of rotatable bonds is 2. The Hall–Kier alpha value is -1.10. The van der Waals surface area contributed by atoms with Crippen LogP contribution >= 0.6 is 11.6 Å². The van der Waals surface area contributed by atoms with Crippen LogP contribution in [-0.2, 0) is 4.79 Å². The molecule has 1 aromatic carbocycles. The van der Waals surface area contributed by atoms with Crippen molar-refractivity contribution in [1.82, 2.24) is 4.90 Å². The van der Waals surface area contributed by atoms with E-state index in [1.165, 1.54) is 4.90 Å². The molecule has 1 heterocycles. The van der Waals surface area contributed by atoms with Gasteiger partial charge in [0.05, 0.1) is 6.10 Å². The first-order valence-electron chi connectivity index (χ1n) is 5.49. The molecule has 1 fully saturated rings. The Kier molecular flexibility index (Phi) is 3.66. The molecule has 0 radical (unpaired) electrons. The van der Waals surface area contributed by atoms with Crippen molar-refractivity contribution in [3.05, 3.63) is 34.9 Å². The van der Waals surface area contributed by atoms with Gasteiger partial charge in [-0.3, -0.25) is 4.79 Å². The van der Waals surface area contributed by atoms with Gasteiger partial charge >= 0.3 is 0 Å². The highest BCUT2D eigenvalue weighted by Gasteiger charge is 2.30. The second-order valence-corrected chi connectivity index (χ2v) is 4.56. The molecule has 1 aliphatic rings. The average molecular weight is 256 g/mol. The molecule has 0 bridgehead atoms. The summed E-state index contributed by atoms with van der Waals surface area (Å²) >= 11 is 5.92. The van der Waals surface area contributed by atoms with E-state index in [9.17, 15) is 15.0 Å². The second kappa shape index (κ2) is 5.04. The van der Waals surface area contributed by atoms with Gasteiger partial charge in [-0.05, 0) is 12.5 Å². The van der Waals surface area contributed by atoms with E-state index in [4.69, 9.17) is 11.6 Å². The fourth-order valence-electron chi connectivity index (χ4n) is 1.94. The predicted octanol–water partition coefficient (Wildman–Crippen LogP) is 0.967. The summed E-state index contributed by atoms with van der Waals surface area (Å²) in [6.07, 6.45) is -1.19. The molecular weight excluding hydrogens is 242 g/mol. The molecule has 5 heteroatoms. The minimum atomic E-state index is -1.26. The van der Waals surface area contributed by atoms with Gasteiger partial charge in [-0.25, -0.2) is 0 Å². The van der Waals surface area contributed by atoms with Crippen LogP contribution in [0, 0.1) is 0 Å². The van der Waals surface area contributed by atoms with Crippen molar-refractivity contribution in [1.29, 1.82) is 0 Å². The molecule has 1 saturated heterocycles. The Morgan fingerprint density at radius 3 is 2.76 bits per heavy atom. The minimum Gasteiger partial charge on any atom is -0.391 e. The van der Waals surface area contributed by atoms with E-state index >= 15 is 0 Å². The standard InChI is InChI=1S/C12H14ClNO3/c13-10-4-2-1-3-9(10)11(16)12(17)14-6-5-8(15)7-14/h1-4,8,11,15-16H,5-7H2/t8-,11-/m1/s1. The van der Waals surface area contributed by atoms with Gasteiger partial charge in [-0.2, -0.15) is 0 Å². The van der Waals surface area contributed by atoms with Gasteiger partial charge in [0.25, 0.3) is 5.91 Å². The van der Waals surface area contributed by atoms with Crippen molar-refractivity contribution in [2.75, 3.05) is 13.1 Å². The molecule has 2 rings (SSSR count). The van der Waals surface area contributed by atoms with Crippen LogP contribution in [0.3, 0.4) is 0 Å². The third-order valence-corrected chi connectivity index (χ3v) is 3.25. The van der Waals surface area contributed by atoms with Gasteiger partial charge < -0.3 is 15.1 Å². The van der Waals surface area contributed by atoms with Crippen LogP contribution in [0.1, 0.15) is 18.1 Å².